The topological polar surface area (TPSA) is 17.1 Å². The van der Waals surface area contributed by atoms with Crippen molar-refractivity contribution in [3.05, 3.63) is 129 Å². The van der Waals surface area contributed by atoms with E-state index in [0.29, 0.717) is 0 Å². The quantitative estimate of drug-likeness (QED) is 0.379. The van der Waals surface area contributed by atoms with Gasteiger partial charge >= 0.3 is 0 Å². The number of hydrogen-bond donors (Lipinski definition) is 0. The number of hydrogen-bond acceptors (Lipinski definition) is 1. The monoisotopic (exact) mass is 452 g/mol. The third-order valence-electron chi connectivity index (χ3n) is 5.94. The van der Waals surface area contributed by atoms with Gasteiger partial charge in [0, 0.05) is 21.5 Å². The maximum atomic E-state index is 13.6. The Bertz CT molecular complexity index is 1180. The molecule has 1 nitrogen and oxygen atoms in total. The van der Waals surface area contributed by atoms with E-state index in [1.165, 1.54) is 22.3 Å². The van der Waals surface area contributed by atoms with Crippen LogP contribution in [0.4, 0.5) is 0 Å². The fourth-order valence-corrected chi connectivity index (χ4v) is 4.81. The van der Waals surface area contributed by atoms with Crippen molar-refractivity contribution in [2.24, 2.45) is 0 Å². The van der Waals surface area contributed by atoms with Crippen molar-refractivity contribution in [3.8, 4) is 0 Å². The molecule has 0 saturated carbocycles. The fourth-order valence-electron chi connectivity index (χ4n) is 4.55. The van der Waals surface area contributed by atoms with E-state index in [9.17, 15) is 4.79 Å². The number of carbonyl (C=O) groups is 1. The number of Topliss-reactive ketones (excluding diaryl/α,β-unsaturated/α-hetero) is 1. The lowest BCUT2D eigenvalue weighted by molar-refractivity contribution is -0.112. The summed E-state index contributed by atoms with van der Waals surface area (Å²) in [6, 6.07) is 29.0. The van der Waals surface area contributed by atoms with Gasteiger partial charge in [-0.3, -0.25) is 4.79 Å². The molecule has 0 spiro atoms. The zero-order valence-corrected chi connectivity index (χ0v) is 18.1. The van der Waals surface area contributed by atoms with E-state index < -0.39 is 0 Å². The lowest BCUT2D eigenvalue weighted by Gasteiger charge is -2.27. The minimum Gasteiger partial charge on any atom is -0.289 e. The van der Waals surface area contributed by atoms with Gasteiger partial charge in [0.15, 0.2) is 5.78 Å². The Hall–Kier alpha value is -2.97. The van der Waals surface area contributed by atoms with Gasteiger partial charge < -0.3 is 0 Å². The van der Waals surface area contributed by atoms with Crippen LogP contribution in [0.2, 0.25) is 0 Å². The van der Waals surface area contributed by atoms with Gasteiger partial charge in [-0.05, 0) is 53.3 Å². The third-order valence-corrected chi connectivity index (χ3v) is 6.47. The normalized spacial score (nSPS) is 19.8. The van der Waals surface area contributed by atoms with E-state index in [4.69, 9.17) is 0 Å². The van der Waals surface area contributed by atoms with Crippen LogP contribution in [0.5, 0.6) is 0 Å². The summed E-state index contributed by atoms with van der Waals surface area (Å²) < 4.78 is 1.04. The second-order valence-corrected chi connectivity index (χ2v) is 8.73. The van der Waals surface area contributed by atoms with Crippen molar-refractivity contribution in [1.82, 2.24) is 0 Å². The van der Waals surface area contributed by atoms with Crippen LogP contribution in [-0.4, -0.2) is 5.78 Å². The first-order valence-electron chi connectivity index (χ1n) is 10.2. The van der Waals surface area contributed by atoms with Crippen molar-refractivity contribution < 1.29 is 4.79 Å². The van der Waals surface area contributed by atoms with Crippen LogP contribution in [0.1, 0.15) is 35.4 Å². The molecular weight excluding hydrogens is 432 g/mol. The number of allylic oxidation sites excluding steroid dienone is 5. The summed E-state index contributed by atoms with van der Waals surface area (Å²) in [6.45, 7) is 0. The van der Waals surface area contributed by atoms with Gasteiger partial charge in [0.25, 0.3) is 0 Å². The summed E-state index contributed by atoms with van der Waals surface area (Å²) in [4.78, 5) is 13.6. The second kappa shape index (κ2) is 8.04. The van der Waals surface area contributed by atoms with Crippen molar-refractivity contribution in [1.29, 1.82) is 0 Å². The van der Waals surface area contributed by atoms with E-state index in [-0.39, 0.29) is 11.7 Å². The van der Waals surface area contributed by atoms with Gasteiger partial charge in [-0.1, -0.05) is 100 Å². The molecule has 0 N–H and O–H groups in total. The Morgan fingerprint density at radius 1 is 0.833 bits per heavy atom. The highest BCUT2D eigenvalue weighted by atomic mass is 79.9. The van der Waals surface area contributed by atoms with Crippen LogP contribution in [-0.2, 0) is 4.79 Å². The smallest absolute Gasteiger partial charge is 0.186 e. The van der Waals surface area contributed by atoms with Crippen LogP contribution in [0.3, 0.4) is 0 Å². The van der Waals surface area contributed by atoms with E-state index in [2.05, 4.69) is 76.6 Å². The molecule has 0 heterocycles. The Morgan fingerprint density at radius 2 is 1.50 bits per heavy atom. The number of rotatable bonds is 3. The highest BCUT2D eigenvalue weighted by molar-refractivity contribution is 9.10. The van der Waals surface area contributed by atoms with Gasteiger partial charge in [0.05, 0.1) is 0 Å². The molecule has 0 radical (unpaired) electrons. The number of carbonyl (C=O) groups excluding carboxylic acids is 1. The van der Waals surface area contributed by atoms with Crippen molar-refractivity contribution >= 4 is 33.4 Å². The number of halogens is 1. The van der Waals surface area contributed by atoms with Crippen LogP contribution in [0.15, 0.2) is 112 Å². The van der Waals surface area contributed by atoms with E-state index in [1.54, 1.807) is 0 Å². The summed E-state index contributed by atoms with van der Waals surface area (Å²) in [6.07, 6.45) is 5.96. The third kappa shape index (κ3) is 3.53. The Kier molecular flexibility index (Phi) is 5.10. The van der Waals surface area contributed by atoms with Crippen molar-refractivity contribution in [3.63, 3.8) is 0 Å². The molecule has 2 aliphatic rings. The maximum Gasteiger partial charge on any atom is 0.186 e. The molecule has 1 unspecified atom stereocenters. The SMILES string of the molecule is O=C1C(=Cc2ccc(Br)cc2)CC2=C1C(c1ccccc1)C(c1ccccc1)=CC2. The molecule has 0 aliphatic heterocycles. The molecule has 0 fully saturated rings. The predicted molar refractivity (Wildman–Crippen MR) is 127 cm³/mol. The molecule has 2 heteroatoms. The molecule has 3 aromatic carbocycles. The first-order valence-corrected chi connectivity index (χ1v) is 11.0. The Balaban J connectivity index is 1.57. The molecular formula is C28H21BrO. The van der Waals surface area contributed by atoms with Crippen molar-refractivity contribution in [2.75, 3.05) is 0 Å². The minimum atomic E-state index is -0.0133. The van der Waals surface area contributed by atoms with E-state index in [0.717, 1.165) is 34.0 Å². The van der Waals surface area contributed by atoms with Crippen LogP contribution < -0.4 is 0 Å². The molecule has 30 heavy (non-hydrogen) atoms. The fraction of sp³-hybridized carbons (Fsp3) is 0.107. The van der Waals surface area contributed by atoms with Gasteiger partial charge in [-0.15, -0.1) is 0 Å². The van der Waals surface area contributed by atoms with Crippen LogP contribution in [0.25, 0.3) is 11.6 Å². The Morgan fingerprint density at radius 3 is 2.20 bits per heavy atom. The first kappa shape index (κ1) is 19.0. The molecule has 0 saturated heterocycles. The molecule has 0 aromatic heterocycles. The average Bonchev–Trinajstić information content (AvgIpc) is 3.11. The first-order chi connectivity index (χ1) is 14.7. The zero-order valence-electron chi connectivity index (χ0n) is 16.5. The van der Waals surface area contributed by atoms with Gasteiger partial charge in [-0.25, -0.2) is 0 Å². The highest BCUT2D eigenvalue weighted by Gasteiger charge is 2.37. The number of ketones is 1. The summed E-state index contributed by atoms with van der Waals surface area (Å²) in [7, 11) is 0. The average molecular weight is 453 g/mol. The minimum absolute atomic E-state index is 0.0133. The van der Waals surface area contributed by atoms with Crippen LogP contribution >= 0.6 is 15.9 Å². The molecule has 0 bridgehead atoms. The molecule has 5 rings (SSSR count). The molecule has 1 atom stereocenters. The van der Waals surface area contributed by atoms with Gasteiger partial charge in [0.2, 0.25) is 0 Å². The summed E-state index contributed by atoms with van der Waals surface area (Å²) in [5, 5.41) is 0. The molecule has 0 amide bonds. The van der Waals surface area contributed by atoms with Crippen molar-refractivity contribution in [2.45, 2.75) is 18.8 Å². The van der Waals surface area contributed by atoms with Gasteiger partial charge in [0.1, 0.15) is 0 Å². The lowest BCUT2D eigenvalue weighted by atomic mass is 9.76. The molecule has 2 aliphatic carbocycles. The summed E-state index contributed by atoms with van der Waals surface area (Å²) in [5.74, 6) is 0.184. The number of benzene rings is 3. The van der Waals surface area contributed by atoms with Crippen LogP contribution in [0, 0.1) is 0 Å². The molecule has 3 aromatic rings. The van der Waals surface area contributed by atoms with E-state index in [1.807, 2.05) is 36.4 Å². The highest BCUT2D eigenvalue weighted by Crippen LogP contribution is 2.49. The summed E-state index contributed by atoms with van der Waals surface area (Å²) >= 11 is 3.48. The van der Waals surface area contributed by atoms with E-state index >= 15 is 0 Å². The maximum absolute atomic E-state index is 13.6. The summed E-state index contributed by atoms with van der Waals surface area (Å²) in [5.41, 5.74) is 7.80. The lowest BCUT2D eigenvalue weighted by Crippen LogP contribution is -2.15. The molecule has 146 valence electrons. The van der Waals surface area contributed by atoms with Gasteiger partial charge in [-0.2, -0.15) is 0 Å². The Labute approximate surface area is 185 Å². The predicted octanol–water partition coefficient (Wildman–Crippen LogP) is 7.37. The standard InChI is InChI=1S/C28H21BrO/c29-24-14-11-19(12-15-24)17-23-18-22-13-16-25(20-7-3-1-4-8-20)26(27(22)28(23)30)21-9-5-2-6-10-21/h1-12,14-17,26H,13,18H2. The zero-order chi connectivity index (χ0) is 20.5. The largest absolute Gasteiger partial charge is 0.289 e. The second-order valence-electron chi connectivity index (χ2n) is 7.82.